The molecule has 29 heavy (non-hydrogen) atoms. The summed E-state index contributed by atoms with van der Waals surface area (Å²) in [5.41, 5.74) is 4.03. The first-order valence-electron chi connectivity index (χ1n) is 9.77. The van der Waals surface area contributed by atoms with E-state index in [2.05, 4.69) is 36.5 Å². The minimum Gasteiger partial charge on any atom is -0.354 e. The zero-order valence-electron chi connectivity index (χ0n) is 17.3. The molecule has 2 aromatic carbocycles. The van der Waals surface area contributed by atoms with E-state index in [-0.39, 0.29) is 12.5 Å². The fraction of sp³-hybridized carbons (Fsp3) is 0.409. The third-order valence-corrected chi connectivity index (χ3v) is 6.71. The molecule has 2 rings (SSSR count). The van der Waals surface area contributed by atoms with Crippen LogP contribution in [0.1, 0.15) is 30.0 Å². The molecule has 2 aromatic rings. The normalized spacial score (nSPS) is 11.3. The predicted molar refractivity (Wildman–Crippen MR) is 123 cm³/mol. The molecule has 0 unspecified atom stereocenters. The lowest BCUT2D eigenvalue weighted by molar-refractivity contribution is -0.119. The number of sulfonamides is 1. The van der Waals surface area contributed by atoms with Gasteiger partial charge in [-0.1, -0.05) is 55.0 Å². The number of anilines is 1. The Kier molecular flexibility index (Phi) is 9.04. The van der Waals surface area contributed by atoms with Gasteiger partial charge in [-0.25, -0.2) is 8.42 Å². The molecule has 1 amide bonds. The fourth-order valence-electron chi connectivity index (χ4n) is 3.01. The lowest BCUT2D eigenvalue weighted by Crippen LogP contribution is -2.41. The molecule has 0 fully saturated rings. The number of rotatable bonds is 11. The van der Waals surface area contributed by atoms with Gasteiger partial charge in [-0.2, -0.15) is 11.8 Å². The maximum atomic E-state index is 12.3. The molecule has 0 heterocycles. The first kappa shape index (κ1) is 23.3. The molecule has 0 radical (unpaired) electrons. The van der Waals surface area contributed by atoms with Gasteiger partial charge >= 0.3 is 0 Å². The highest BCUT2D eigenvalue weighted by Crippen LogP contribution is 2.23. The van der Waals surface area contributed by atoms with Crippen LogP contribution < -0.4 is 9.62 Å². The molecule has 0 aliphatic rings. The summed E-state index contributed by atoms with van der Waals surface area (Å²) >= 11 is 1.83. The monoisotopic (exact) mass is 434 g/mol. The van der Waals surface area contributed by atoms with Gasteiger partial charge in [0, 0.05) is 12.3 Å². The second kappa shape index (κ2) is 11.3. The highest BCUT2D eigenvalue weighted by atomic mass is 32.2. The standard InChI is InChI=1S/C22H30N2O3S2/c1-4-20-11-5-6-12-21(20)24(29(3,26)27)16-22(25)23-13-8-14-28-17-19-10-7-9-18(2)15-19/h5-7,9-12,15H,4,8,13-14,16-17H2,1-3H3,(H,23,25). The smallest absolute Gasteiger partial charge is 0.240 e. The minimum atomic E-state index is -3.55. The van der Waals surface area contributed by atoms with Crippen molar-refractivity contribution in [3.8, 4) is 0 Å². The number of carbonyl (C=O) groups excluding carboxylic acids is 1. The Morgan fingerprint density at radius 1 is 1.14 bits per heavy atom. The SMILES string of the molecule is CCc1ccccc1N(CC(=O)NCCCSCc1cccc(C)c1)S(C)(=O)=O. The molecule has 0 saturated heterocycles. The van der Waals surface area contributed by atoms with Crippen molar-refractivity contribution in [2.45, 2.75) is 32.4 Å². The number of para-hydroxylation sites is 1. The second-order valence-electron chi connectivity index (χ2n) is 7.00. The van der Waals surface area contributed by atoms with Gasteiger partial charge in [0.25, 0.3) is 0 Å². The van der Waals surface area contributed by atoms with Crippen molar-refractivity contribution in [3.05, 3.63) is 65.2 Å². The summed E-state index contributed by atoms with van der Waals surface area (Å²) in [6, 6.07) is 15.7. The highest BCUT2D eigenvalue weighted by Gasteiger charge is 2.22. The van der Waals surface area contributed by atoms with Crippen molar-refractivity contribution in [3.63, 3.8) is 0 Å². The zero-order chi connectivity index (χ0) is 21.3. The van der Waals surface area contributed by atoms with Gasteiger partial charge in [-0.05, 0) is 42.7 Å². The van der Waals surface area contributed by atoms with Crippen LogP contribution in [-0.2, 0) is 27.0 Å². The molecule has 5 nitrogen and oxygen atoms in total. The van der Waals surface area contributed by atoms with Crippen LogP contribution in [0.15, 0.2) is 48.5 Å². The van der Waals surface area contributed by atoms with Crippen molar-refractivity contribution in [1.82, 2.24) is 5.32 Å². The van der Waals surface area contributed by atoms with Crippen molar-refractivity contribution >= 4 is 33.4 Å². The molecule has 0 saturated carbocycles. The molecule has 0 aromatic heterocycles. The highest BCUT2D eigenvalue weighted by molar-refractivity contribution is 7.98. The van der Waals surface area contributed by atoms with E-state index in [1.165, 1.54) is 15.4 Å². The Balaban J connectivity index is 1.80. The summed E-state index contributed by atoms with van der Waals surface area (Å²) < 4.78 is 25.7. The third kappa shape index (κ3) is 7.74. The van der Waals surface area contributed by atoms with Crippen molar-refractivity contribution in [2.75, 3.05) is 29.4 Å². The van der Waals surface area contributed by atoms with Crippen molar-refractivity contribution < 1.29 is 13.2 Å². The Hall–Kier alpha value is -1.99. The van der Waals surface area contributed by atoms with E-state index in [9.17, 15) is 13.2 Å². The summed E-state index contributed by atoms with van der Waals surface area (Å²) in [7, 11) is -3.55. The van der Waals surface area contributed by atoms with Gasteiger partial charge in [0.15, 0.2) is 0 Å². The minimum absolute atomic E-state index is 0.202. The lowest BCUT2D eigenvalue weighted by atomic mass is 10.1. The van der Waals surface area contributed by atoms with Gasteiger partial charge in [0.05, 0.1) is 11.9 Å². The molecule has 158 valence electrons. The van der Waals surface area contributed by atoms with Crippen LogP contribution in [0.4, 0.5) is 5.69 Å². The van der Waals surface area contributed by atoms with Crippen molar-refractivity contribution in [1.29, 1.82) is 0 Å². The molecular formula is C22H30N2O3S2. The Labute approximate surface area is 178 Å². The number of benzene rings is 2. The molecule has 1 N–H and O–H groups in total. The number of carbonyl (C=O) groups is 1. The Morgan fingerprint density at radius 3 is 2.59 bits per heavy atom. The number of amides is 1. The van der Waals surface area contributed by atoms with Crippen LogP contribution >= 0.6 is 11.8 Å². The number of thioether (sulfide) groups is 1. The molecule has 7 heteroatoms. The summed E-state index contributed by atoms with van der Waals surface area (Å²) in [5.74, 6) is 1.60. The average molecular weight is 435 g/mol. The quantitative estimate of drug-likeness (QED) is 0.547. The van der Waals surface area contributed by atoms with E-state index >= 15 is 0 Å². The molecule has 0 bridgehead atoms. The first-order chi connectivity index (χ1) is 13.8. The van der Waals surface area contributed by atoms with Crippen LogP contribution in [-0.4, -0.2) is 39.4 Å². The van der Waals surface area contributed by atoms with Gasteiger partial charge in [0.1, 0.15) is 6.54 Å². The lowest BCUT2D eigenvalue weighted by Gasteiger charge is -2.24. The average Bonchev–Trinajstić information content (AvgIpc) is 2.68. The van der Waals surface area contributed by atoms with Gasteiger partial charge < -0.3 is 5.32 Å². The Bertz CT molecular complexity index is 914. The van der Waals surface area contributed by atoms with E-state index in [1.54, 1.807) is 12.1 Å². The number of nitrogens with zero attached hydrogens (tertiary/aromatic N) is 1. The second-order valence-corrected chi connectivity index (χ2v) is 10.0. The predicted octanol–water partition coefficient (Wildman–Crippen LogP) is 3.76. The van der Waals surface area contributed by atoms with E-state index < -0.39 is 10.0 Å². The third-order valence-electron chi connectivity index (χ3n) is 4.47. The van der Waals surface area contributed by atoms with E-state index in [4.69, 9.17) is 0 Å². The number of hydrogen-bond acceptors (Lipinski definition) is 4. The van der Waals surface area contributed by atoms with E-state index in [0.29, 0.717) is 18.7 Å². The number of aryl methyl sites for hydroxylation is 2. The van der Waals surface area contributed by atoms with Crippen LogP contribution in [0.5, 0.6) is 0 Å². The topological polar surface area (TPSA) is 66.5 Å². The summed E-state index contributed by atoms with van der Waals surface area (Å²) in [6.45, 7) is 4.38. The molecular weight excluding hydrogens is 404 g/mol. The number of nitrogens with one attached hydrogen (secondary N) is 1. The van der Waals surface area contributed by atoms with Gasteiger partial charge in [0.2, 0.25) is 15.9 Å². The molecule has 0 aliphatic carbocycles. The van der Waals surface area contributed by atoms with Crippen LogP contribution in [0, 0.1) is 6.92 Å². The van der Waals surface area contributed by atoms with Crippen LogP contribution in [0.3, 0.4) is 0 Å². The summed E-state index contributed by atoms with van der Waals surface area (Å²) in [4.78, 5) is 12.3. The van der Waals surface area contributed by atoms with E-state index in [1.807, 2.05) is 30.8 Å². The Morgan fingerprint density at radius 2 is 1.90 bits per heavy atom. The largest absolute Gasteiger partial charge is 0.354 e. The van der Waals surface area contributed by atoms with Gasteiger partial charge in [-0.3, -0.25) is 9.10 Å². The summed E-state index contributed by atoms with van der Waals surface area (Å²) in [5, 5.41) is 2.84. The zero-order valence-corrected chi connectivity index (χ0v) is 19.0. The molecule has 0 atom stereocenters. The molecule has 0 spiro atoms. The molecule has 0 aliphatic heterocycles. The van der Waals surface area contributed by atoms with Gasteiger partial charge in [-0.15, -0.1) is 0 Å². The van der Waals surface area contributed by atoms with E-state index in [0.717, 1.165) is 29.7 Å². The maximum Gasteiger partial charge on any atom is 0.240 e. The number of hydrogen-bond donors (Lipinski definition) is 1. The van der Waals surface area contributed by atoms with Crippen molar-refractivity contribution in [2.24, 2.45) is 0 Å². The summed E-state index contributed by atoms with van der Waals surface area (Å²) in [6.07, 6.45) is 2.67. The fourth-order valence-corrected chi connectivity index (χ4v) is 4.81. The maximum absolute atomic E-state index is 12.3. The van der Waals surface area contributed by atoms with Crippen LogP contribution in [0.2, 0.25) is 0 Å². The van der Waals surface area contributed by atoms with Crippen LogP contribution in [0.25, 0.3) is 0 Å². The first-order valence-corrected chi connectivity index (χ1v) is 12.8.